The summed E-state index contributed by atoms with van der Waals surface area (Å²) in [5.41, 5.74) is 1.31. The van der Waals surface area contributed by atoms with Crippen LogP contribution in [0.4, 0.5) is 0 Å². The van der Waals surface area contributed by atoms with Crippen molar-refractivity contribution in [2.75, 3.05) is 12.4 Å². The first-order valence-electron chi connectivity index (χ1n) is 4.10. The van der Waals surface area contributed by atoms with Crippen LogP contribution in [0, 0.1) is 11.8 Å². The second-order valence-electron chi connectivity index (χ2n) is 3.51. The highest BCUT2D eigenvalue weighted by molar-refractivity contribution is 8.01. The molecule has 1 fully saturated rings. The molecule has 2 rings (SSSR count). The Morgan fingerprint density at radius 1 is 1.64 bits per heavy atom. The van der Waals surface area contributed by atoms with E-state index in [2.05, 4.69) is 19.0 Å². The zero-order valence-electron chi connectivity index (χ0n) is 6.91. The maximum Gasteiger partial charge on any atom is 0.126 e. The second-order valence-corrected chi connectivity index (χ2v) is 4.68. The van der Waals surface area contributed by atoms with Crippen LogP contribution in [0.25, 0.3) is 0 Å². The van der Waals surface area contributed by atoms with Crippen LogP contribution in [0.1, 0.15) is 13.8 Å². The molecule has 0 N–H and O–H groups in total. The van der Waals surface area contributed by atoms with Gasteiger partial charge < -0.3 is 4.84 Å². The molecule has 62 valence electrons. The minimum absolute atomic E-state index is 0.627. The van der Waals surface area contributed by atoms with E-state index in [4.69, 9.17) is 4.84 Å². The van der Waals surface area contributed by atoms with Crippen molar-refractivity contribution in [1.82, 2.24) is 0 Å². The van der Waals surface area contributed by atoms with Gasteiger partial charge in [0.25, 0.3) is 0 Å². The Morgan fingerprint density at radius 2 is 2.45 bits per heavy atom. The molecule has 0 bridgehead atoms. The molecule has 0 saturated carbocycles. The SMILES string of the molecule is CC(C)C1SCC2CON=C21. The van der Waals surface area contributed by atoms with E-state index in [1.54, 1.807) is 0 Å². The topological polar surface area (TPSA) is 21.6 Å². The molecule has 3 heteroatoms. The molecule has 0 aromatic carbocycles. The number of thioether (sulfide) groups is 1. The molecular weight excluding hydrogens is 158 g/mol. The van der Waals surface area contributed by atoms with Crippen molar-refractivity contribution in [3.8, 4) is 0 Å². The average Bonchev–Trinajstić information content (AvgIpc) is 2.41. The summed E-state index contributed by atoms with van der Waals surface area (Å²) in [5, 5.41) is 4.72. The maximum atomic E-state index is 5.07. The van der Waals surface area contributed by atoms with Gasteiger partial charge >= 0.3 is 0 Å². The van der Waals surface area contributed by atoms with E-state index >= 15 is 0 Å². The van der Waals surface area contributed by atoms with Crippen molar-refractivity contribution >= 4 is 17.5 Å². The van der Waals surface area contributed by atoms with E-state index in [0.29, 0.717) is 17.1 Å². The highest BCUT2D eigenvalue weighted by Gasteiger charge is 2.38. The second kappa shape index (κ2) is 2.70. The van der Waals surface area contributed by atoms with Gasteiger partial charge in [-0.3, -0.25) is 0 Å². The van der Waals surface area contributed by atoms with Crippen LogP contribution in [-0.2, 0) is 4.84 Å². The van der Waals surface area contributed by atoms with E-state index in [-0.39, 0.29) is 0 Å². The molecule has 0 spiro atoms. The molecule has 2 nitrogen and oxygen atoms in total. The highest BCUT2D eigenvalue weighted by atomic mass is 32.2. The summed E-state index contributed by atoms with van der Waals surface area (Å²) in [6.07, 6.45) is 0. The number of rotatable bonds is 1. The summed E-state index contributed by atoms with van der Waals surface area (Å²) in [4.78, 5) is 5.07. The lowest BCUT2D eigenvalue weighted by Gasteiger charge is -2.11. The lowest BCUT2D eigenvalue weighted by atomic mass is 9.98. The van der Waals surface area contributed by atoms with Crippen LogP contribution in [-0.4, -0.2) is 23.3 Å². The zero-order chi connectivity index (χ0) is 7.84. The van der Waals surface area contributed by atoms with Gasteiger partial charge in [0.15, 0.2) is 0 Å². The Hall–Kier alpha value is -0.180. The van der Waals surface area contributed by atoms with E-state index in [0.717, 1.165) is 6.61 Å². The van der Waals surface area contributed by atoms with Crippen molar-refractivity contribution < 1.29 is 4.84 Å². The first-order chi connectivity index (χ1) is 5.29. The van der Waals surface area contributed by atoms with Crippen molar-refractivity contribution in [2.24, 2.45) is 17.0 Å². The average molecular weight is 171 g/mol. The number of nitrogens with zero attached hydrogens (tertiary/aromatic N) is 1. The fourth-order valence-corrected chi connectivity index (χ4v) is 3.12. The van der Waals surface area contributed by atoms with Crippen LogP contribution in [0.5, 0.6) is 0 Å². The quantitative estimate of drug-likeness (QED) is 0.599. The summed E-state index contributed by atoms with van der Waals surface area (Å²) < 4.78 is 0. The minimum Gasteiger partial charge on any atom is -0.395 e. The Morgan fingerprint density at radius 3 is 3.18 bits per heavy atom. The first-order valence-corrected chi connectivity index (χ1v) is 5.15. The van der Waals surface area contributed by atoms with Crippen LogP contribution < -0.4 is 0 Å². The van der Waals surface area contributed by atoms with Crippen molar-refractivity contribution in [3.63, 3.8) is 0 Å². The molecule has 2 aliphatic heterocycles. The Balaban J connectivity index is 2.14. The van der Waals surface area contributed by atoms with Gasteiger partial charge in [-0.25, -0.2) is 0 Å². The summed E-state index contributed by atoms with van der Waals surface area (Å²) >= 11 is 2.03. The molecule has 1 saturated heterocycles. The lowest BCUT2D eigenvalue weighted by molar-refractivity contribution is 0.158. The fourth-order valence-electron chi connectivity index (χ4n) is 1.62. The van der Waals surface area contributed by atoms with Gasteiger partial charge in [-0.05, 0) is 5.92 Å². The fraction of sp³-hybridized carbons (Fsp3) is 0.875. The molecule has 2 unspecified atom stereocenters. The third-order valence-electron chi connectivity index (χ3n) is 2.24. The third kappa shape index (κ3) is 1.15. The van der Waals surface area contributed by atoms with E-state index in [1.165, 1.54) is 11.5 Å². The lowest BCUT2D eigenvalue weighted by Crippen LogP contribution is -2.21. The van der Waals surface area contributed by atoms with Gasteiger partial charge in [0.2, 0.25) is 0 Å². The van der Waals surface area contributed by atoms with Gasteiger partial charge in [0.05, 0.1) is 5.71 Å². The molecule has 0 aromatic heterocycles. The molecule has 0 radical (unpaired) electrons. The van der Waals surface area contributed by atoms with E-state index in [9.17, 15) is 0 Å². The number of oxime groups is 1. The van der Waals surface area contributed by atoms with Crippen LogP contribution in [0.2, 0.25) is 0 Å². The predicted molar refractivity (Wildman–Crippen MR) is 48.0 cm³/mol. The van der Waals surface area contributed by atoms with Gasteiger partial charge in [-0.15, -0.1) is 0 Å². The van der Waals surface area contributed by atoms with Crippen LogP contribution >= 0.6 is 11.8 Å². The maximum absolute atomic E-state index is 5.07. The first kappa shape index (κ1) is 7.47. The molecule has 2 atom stereocenters. The van der Waals surface area contributed by atoms with Crippen LogP contribution in [0.3, 0.4) is 0 Å². The largest absolute Gasteiger partial charge is 0.395 e. The summed E-state index contributed by atoms with van der Waals surface area (Å²) in [5.74, 6) is 2.54. The number of fused-ring (bicyclic) bond motifs is 1. The summed E-state index contributed by atoms with van der Waals surface area (Å²) in [6.45, 7) is 5.33. The van der Waals surface area contributed by atoms with Crippen molar-refractivity contribution in [2.45, 2.75) is 19.1 Å². The Kier molecular flexibility index (Phi) is 1.83. The van der Waals surface area contributed by atoms with Crippen LogP contribution in [0.15, 0.2) is 5.16 Å². The molecule has 11 heavy (non-hydrogen) atoms. The third-order valence-corrected chi connectivity index (χ3v) is 3.98. The zero-order valence-corrected chi connectivity index (χ0v) is 7.73. The monoisotopic (exact) mass is 171 g/mol. The normalized spacial score (nSPS) is 35.4. The molecule has 0 aromatic rings. The van der Waals surface area contributed by atoms with Gasteiger partial charge in [-0.2, -0.15) is 11.8 Å². The highest BCUT2D eigenvalue weighted by Crippen LogP contribution is 2.36. The van der Waals surface area contributed by atoms with Crippen molar-refractivity contribution in [3.05, 3.63) is 0 Å². The van der Waals surface area contributed by atoms with Gasteiger partial charge in [0, 0.05) is 16.9 Å². The van der Waals surface area contributed by atoms with E-state index < -0.39 is 0 Å². The number of hydrogen-bond donors (Lipinski definition) is 0. The summed E-state index contributed by atoms with van der Waals surface area (Å²) in [6, 6.07) is 0. The summed E-state index contributed by atoms with van der Waals surface area (Å²) in [7, 11) is 0. The van der Waals surface area contributed by atoms with E-state index in [1.807, 2.05) is 11.8 Å². The smallest absolute Gasteiger partial charge is 0.126 e. The number of hydrogen-bond acceptors (Lipinski definition) is 3. The van der Waals surface area contributed by atoms with Gasteiger partial charge in [-0.1, -0.05) is 19.0 Å². The predicted octanol–water partition coefficient (Wildman–Crippen LogP) is 1.76. The molecular formula is C8H13NOS. The molecule has 0 aliphatic carbocycles. The Labute approximate surface area is 71.4 Å². The van der Waals surface area contributed by atoms with Crippen molar-refractivity contribution in [1.29, 1.82) is 0 Å². The molecule has 2 aliphatic rings. The molecule has 0 amide bonds. The minimum atomic E-state index is 0.627. The standard InChI is InChI=1S/C8H13NOS/c1-5(2)8-7-6(4-11-8)3-10-9-7/h5-6,8H,3-4H2,1-2H3. The Bertz CT molecular complexity index is 191. The molecule has 2 heterocycles. The van der Waals surface area contributed by atoms with Gasteiger partial charge in [0.1, 0.15) is 6.61 Å².